The number of hydrogen-bond donors (Lipinski definition) is 2. The van der Waals surface area contributed by atoms with E-state index in [1.165, 1.54) is 12.1 Å². The van der Waals surface area contributed by atoms with Crippen molar-refractivity contribution >= 4 is 11.8 Å². The second-order valence-corrected chi connectivity index (χ2v) is 10.5. The van der Waals surface area contributed by atoms with E-state index in [0.29, 0.717) is 49.9 Å². The molecule has 1 aliphatic heterocycles. The van der Waals surface area contributed by atoms with Crippen molar-refractivity contribution in [2.24, 2.45) is 23.5 Å². The molecular weight excluding hydrogens is 481 g/mol. The van der Waals surface area contributed by atoms with E-state index >= 15 is 0 Å². The minimum atomic E-state index is -4.38. The van der Waals surface area contributed by atoms with Gasteiger partial charge in [-0.1, -0.05) is 63.6 Å². The molecule has 8 heteroatoms. The number of alkyl halides is 3. The fourth-order valence-electron chi connectivity index (χ4n) is 5.24. The predicted octanol–water partition coefficient (Wildman–Crippen LogP) is 5.75. The lowest BCUT2D eigenvalue weighted by Gasteiger charge is -2.40. The van der Waals surface area contributed by atoms with E-state index in [0.717, 1.165) is 24.1 Å². The van der Waals surface area contributed by atoms with Gasteiger partial charge < -0.3 is 15.7 Å². The number of halogens is 3. The second-order valence-electron chi connectivity index (χ2n) is 10.5. The Labute approximate surface area is 216 Å². The number of piperidine rings is 1. The van der Waals surface area contributed by atoms with E-state index in [4.69, 9.17) is 5.73 Å². The third-order valence-electron chi connectivity index (χ3n) is 7.36. The number of carbonyl (C=O) groups excluding carboxylic acids is 2. The summed E-state index contributed by atoms with van der Waals surface area (Å²) >= 11 is 0. The zero-order valence-electron chi connectivity index (χ0n) is 21.7. The fourth-order valence-corrected chi connectivity index (χ4v) is 5.24. The quantitative estimate of drug-likeness (QED) is 0.444. The minimum absolute atomic E-state index is 0.0781. The van der Waals surface area contributed by atoms with Crippen molar-refractivity contribution in [3.8, 4) is 11.1 Å². The third kappa shape index (κ3) is 6.92. The molecule has 2 aromatic carbocycles. The van der Waals surface area contributed by atoms with E-state index in [1.807, 2.05) is 20.8 Å². The Morgan fingerprint density at radius 3 is 1.92 bits per heavy atom. The second kappa shape index (κ2) is 11.7. The molecule has 2 atom stereocenters. The Morgan fingerprint density at radius 2 is 1.49 bits per heavy atom. The first kappa shape index (κ1) is 28.7. The summed E-state index contributed by atoms with van der Waals surface area (Å²) in [6.45, 7) is 6.74. The number of nitrogens with two attached hydrogens (primary N) is 1. The highest BCUT2D eigenvalue weighted by atomic mass is 19.4. The monoisotopic (exact) mass is 518 g/mol. The molecule has 1 aliphatic rings. The molecule has 3 N–H and O–H groups in total. The molecule has 1 saturated heterocycles. The topological polar surface area (TPSA) is 83.6 Å². The first-order valence-corrected chi connectivity index (χ1v) is 12.9. The number of likely N-dealkylation sites (tertiary alicyclic amines) is 1. The van der Waals surface area contributed by atoms with Crippen LogP contribution in [0.25, 0.3) is 11.1 Å². The van der Waals surface area contributed by atoms with E-state index in [9.17, 15) is 27.9 Å². The Hall–Kier alpha value is -2.87. The number of aliphatic hydroxyl groups is 1. The number of carbonyl (C=O) groups is 2. The van der Waals surface area contributed by atoms with Crippen LogP contribution in [0.5, 0.6) is 0 Å². The normalized spacial score (nSPS) is 17.5. The van der Waals surface area contributed by atoms with Crippen molar-refractivity contribution in [2.75, 3.05) is 13.1 Å². The van der Waals surface area contributed by atoms with Crippen LogP contribution in [-0.2, 0) is 21.4 Å². The van der Waals surface area contributed by atoms with Crippen molar-refractivity contribution in [3.05, 3.63) is 59.7 Å². The number of primary amides is 1. The maximum absolute atomic E-state index is 13.5. The molecule has 2 aromatic rings. The molecule has 2 amide bonds. The van der Waals surface area contributed by atoms with Crippen LogP contribution in [0.2, 0.25) is 0 Å². The Bertz CT molecular complexity index is 1060. The van der Waals surface area contributed by atoms with Gasteiger partial charge in [-0.3, -0.25) is 9.59 Å². The van der Waals surface area contributed by atoms with Gasteiger partial charge in [0.25, 0.3) is 0 Å². The number of amides is 2. The first-order chi connectivity index (χ1) is 17.4. The summed E-state index contributed by atoms with van der Waals surface area (Å²) in [5.41, 5.74) is 5.96. The molecule has 0 radical (unpaired) electrons. The Kier molecular flexibility index (Phi) is 9.05. The van der Waals surface area contributed by atoms with Gasteiger partial charge in [-0.2, -0.15) is 13.2 Å². The minimum Gasteiger partial charge on any atom is -0.385 e. The maximum Gasteiger partial charge on any atom is 0.416 e. The number of benzene rings is 2. The highest BCUT2D eigenvalue weighted by Crippen LogP contribution is 2.36. The molecule has 0 saturated carbocycles. The molecule has 3 rings (SSSR count). The van der Waals surface area contributed by atoms with Gasteiger partial charge in [-0.15, -0.1) is 0 Å². The summed E-state index contributed by atoms with van der Waals surface area (Å²) in [5, 5.41) is 11.4. The molecule has 0 spiro atoms. The van der Waals surface area contributed by atoms with Crippen LogP contribution in [0.15, 0.2) is 48.5 Å². The van der Waals surface area contributed by atoms with E-state index < -0.39 is 35.1 Å². The predicted molar refractivity (Wildman–Crippen MR) is 137 cm³/mol. The highest BCUT2D eigenvalue weighted by Gasteiger charge is 2.40. The summed E-state index contributed by atoms with van der Waals surface area (Å²) in [4.78, 5) is 27.3. The number of hydrogen-bond acceptors (Lipinski definition) is 3. The van der Waals surface area contributed by atoms with Crippen LogP contribution < -0.4 is 5.73 Å². The van der Waals surface area contributed by atoms with Gasteiger partial charge in [0.1, 0.15) is 0 Å². The molecule has 1 heterocycles. The maximum atomic E-state index is 13.5. The number of rotatable bonds is 9. The smallest absolute Gasteiger partial charge is 0.385 e. The van der Waals surface area contributed by atoms with Crippen LogP contribution in [0.3, 0.4) is 0 Å². The Balaban J connectivity index is 1.70. The summed E-state index contributed by atoms with van der Waals surface area (Å²) in [7, 11) is 0. The van der Waals surface area contributed by atoms with Crippen LogP contribution in [0, 0.1) is 17.8 Å². The molecule has 202 valence electrons. The third-order valence-corrected chi connectivity index (χ3v) is 7.36. The van der Waals surface area contributed by atoms with E-state index in [1.54, 1.807) is 29.2 Å². The summed E-state index contributed by atoms with van der Waals surface area (Å²) in [6.07, 6.45) is -1.77. The van der Waals surface area contributed by atoms with Crippen LogP contribution in [0.1, 0.15) is 64.0 Å². The van der Waals surface area contributed by atoms with Crippen LogP contribution >= 0.6 is 0 Å². The van der Waals surface area contributed by atoms with Gasteiger partial charge in [-0.25, -0.2) is 0 Å². The molecule has 0 aliphatic carbocycles. The van der Waals surface area contributed by atoms with Gasteiger partial charge in [0.2, 0.25) is 11.8 Å². The average molecular weight is 519 g/mol. The summed E-state index contributed by atoms with van der Waals surface area (Å²) < 4.78 is 38.5. The summed E-state index contributed by atoms with van der Waals surface area (Å²) in [6, 6.07) is 12.1. The molecule has 37 heavy (non-hydrogen) atoms. The fraction of sp³-hybridized carbons (Fsp3) is 0.517. The van der Waals surface area contributed by atoms with E-state index in [2.05, 4.69) is 0 Å². The SMILES string of the molecule is CCCC(C(N)=O)C(CC(C)C)C(=O)N1CCC(O)(c2ccc(-c3ccc(C(F)(F)F)cc3)cc2)CC1. The lowest BCUT2D eigenvalue weighted by molar-refractivity contribution is -0.146. The van der Waals surface area contributed by atoms with Gasteiger partial charge >= 0.3 is 6.18 Å². The number of nitrogens with zero attached hydrogens (tertiary/aromatic N) is 1. The van der Waals surface area contributed by atoms with Crippen molar-refractivity contribution in [2.45, 2.75) is 64.7 Å². The molecule has 1 fully saturated rings. The van der Waals surface area contributed by atoms with Gasteiger partial charge in [-0.05, 0) is 60.4 Å². The van der Waals surface area contributed by atoms with Crippen LogP contribution in [0.4, 0.5) is 13.2 Å². The molecule has 0 bridgehead atoms. The van der Waals surface area contributed by atoms with Crippen molar-refractivity contribution in [3.63, 3.8) is 0 Å². The molecule has 5 nitrogen and oxygen atoms in total. The lowest BCUT2D eigenvalue weighted by Crippen LogP contribution is -2.49. The lowest BCUT2D eigenvalue weighted by atomic mass is 9.79. The van der Waals surface area contributed by atoms with Gasteiger partial charge in [0.05, 0.1) is 11.2 Å². The zero-order chi connectivity index (χ0) is 27.4. The molecule has 0 aromatic heterocycles. The van der Waals surface area contributed by atoms with E-state index in [-0.39, 0.29) is 11.8 Å². The van der Waals surface area contributed by atoms with Crippen LogP contribution in [-0.4, -0.2) is 34.9 Å². The average Bonchev–Trinajstić information content (AvgIpc) is 2.85. The largest absolute Gasteiger partial charge is 0.416 e. The zero-order valence-corrected chi connectivity index (χ0v) is 21.7. The molecular formula is C29H37F3N2O3. The Morgan fingerprint density at radius 1 is 0.973 bits per heavy atom. The molecule has 2 unspecified atom stereocenters. The first-order valence-electron chi connectivity index (χ1n) is 12.9. The standard InChI is InChI=1S/C29H37F3N2O3/c1-4-5-24(26(33)35)25(18-19(2)3)27(36)34-16-14-28(37,15-17-34)22-10-6-20(7-11-22)21-8-12-23(13-9-21)29(30,31)32/h6-13,19,24-25,37H,4-5,14-18H2,1-3H3,(H2,33,35). The van der Waals surface area contributed by atoms with Crippen molar-refractivity contribution < 1.29 is 27.9 Å². The van der Waals surface area contributed by atoms with Gasteiger partial charge in [0, 0.05) is 24.9 Å². The van der Waals surface area contributed by atoms with Crippen molar-refractivity contribution in [1.82, 2.24) is 4.90 Å². The summed E-state index contributed by atoms with van der Waals surface area (Å²) in [5.74, 6) is -1.25. The van der Waals surface area contributed by atoms with Crippen molar-refractivity contribution in [1.29, 1.82) is 0 Å². The highest BCUT2D eigenvalue weighted by molar-refractivity contribution is 5.87. The van der Waals surface area contributed by atoms with Gasteiger partial charge in [0.15, 0.2) is 0 Å².